The Labute approximate surface area is 102 Å². The minimum absolute atomic E-state index is 0.674. The first kappa shape index (κ1) is 11.0. The summed E-state index contributed by atoms with van der Waals surface area (Å²) in [6, 6.07) is 9.46. The lowest BCUT2D eigenvalue weighted by molar-refractivity contribution is 0.415. The molecule has 0 unspecified atom stereocenters. The van der Waals surface area contributed by atoms with Crippen LogP contribution in [0.15, 0.2) is 41.0 Å². The number of anilines is 1. The molecule has 2 aromatic rings. The molecule has 0 aliphatic rings. The van der Waals surface area contributed by atoms with Gasteiger partial charge in [-0.1, -0.05) is 12.1 Å². The standard InChI is InChI=1S/C12H11BrN2O/c1-16-9-4-2-3-8(7-9)12-11(13)10(14)5-6-15-12/h2-7H,1H3,(H2,14,15). The quantitative estimate of drug-likeness (QED) is 0.918. The summed E-state index contributed by atoms with van der Waals surface area (Å²) < 4.78 is 5.98. The maximum atomic E-state index is 5.81. The third kappa shape index (κ3) is 2.02. The third-order valence-electron chi connectivity index (χ3n) is 2.26. The second kappa shape index (κ2) is 4.53. The predicted octanol–water partition coefficient (Wildman–Crippen LogP) is 3.10. The van der Waals surface area contributed by atoms with Crippen LogP contribution < -0.4 is 10.5 Å². The van der Waals surface area contributed by atoms with Gasteiger partial charge in [-0.15, -0.1) is 0 Å². The Balaban J connectivity index is 2.54. The average Bonchev–Trinajstić information content (AvgIpc) is 2.33. The Kier molecular flexibility index (Phi) is 3.10. The number of benzene rings is 1. The van der Waals surface area contributed by atoms with Crippen molar-refractivity contribution in [2.75, 3.05) is 12.8 Å². The number of rotatable bonds is 2. The van der Waals surface area contributed by atoms with E-state index in [0.717, 1.165) is 21.5 Å². The number of hydrogen-bond donors (Lipinski definition) is 1. The van der Waals surface area contributed by atoms with E-state index in [-0.39, 0.29) is 0 Å². The van der Waals surface area contributed by atoms with E-state index in [9.17, 15) is 0 Å². The van der Waals surface area contributed by atoms with Crippen LogP contribution in [0.2, 0.25) is 0 Å². The number of nitrogens with two attached hydrogens (primary N) is 1. The zero-order chi connectivity index (χ0) is 11.5. The summed E-state index contributed by atoms with van der Waals surface area (Å²) in [4.78, 5) is 4.30. The van der Waals surface area contributed by atoms with Crippen molar-refractivity contribution >= 4 is 21.6 Å². The van der Waals surface area contributed by atoms with Gasteiger partial charge in [0.05, 0.1) is 17.3 Å². The van der Waals surface area contributed by atoms with Gasteiger partial charge < -0.3 is 10.5 Å². The van der Waals surface area contributed by atoms with E-state index in [0.29, 0.717) is 5.69 Å². The fourth-order valence-electron chi connectivity index (χ4n) is 1.43. The van der Waals surface area contributed by atoms with E-state index in [1.54, 1.807) is 19.4 Å². The Morgan fingerprint density at radius 1 is 1.31 bits per heavy atom. The van der Waals surface area contributed by atoms with Gasteiger partial charge in [0.15, 0.2) is 0 Å². The number of ether oxygens (including phenoxy) is 1. The molecule has 0 radical (unpaired) electrons. The molecule has 0 fully saturated rings. The molecule has 0 atom stereocenters. The molecular weight excluding hydrogens is 268 g/mol. The van der Waals surface area contributed by atoms with E-state index in [1.165, 1.54) is 0 Å². The smallest absolute Gasteiger partial charge is 0.119 e. The summed E-state index contributed by atoms with van der Waals surface area (Å²) >= 11 is 3.44. The first-order chi connectivity index (χ1) is 7.72. The van der Waals surface area contributed by atoms with Crippen molar-refractivity contribution in [3.8, 4) is 17.0 Å². The molecule has 1 aromatic carbocycles. The monoisotopic (exact) mass is 278 g/mol. The summed E-state index contributed by atoms with van der Waals surface area (Å²) in [7, 11) is 1.64. The largest absolute Gasteiger partial charge is 0.497 e. The molecule has 2 N–H and O–H groups in total. The fraction of sp³-hybridized carbons (Fsp3) is 0.0833. The molecule has 0 bridgehead atoms. The summed E-state index contributed by atoms with van der Waals surface area (Å²) in [5.41, 5.74) is 8.27. The van der Waals surface area contributed by atoms with Gasteiger partial charge in [0.25, 0.3) is 0 Å². The van der Waals surface area contributed by atoms with Crippen molar-refractivity contribution in [1.82, 2.24) is 4.98 Å². The number of nitrogen functional groups attached to an aromatic ring is 1. The predicted molar refractivity (Wildman–Crippen MR) is 68.3 cm³/mol. The normalized spacial score (nSPS) is 10.1. The van der Waals surface area contributed by atoms with Gasteiger partial charge in [-0.05, 0) is 34.1 Å². The summed E-state index contributed by atoms with van der Waals surface area (Å²) in [5, 5.41) is 0. The maximum Gasteiger partial charge on any atom is 0.119 e. The van der Waals surface area contributed by atoms with Gasteiger partial charge >= 0.3 is 0 Å². The zero-order valence-electron chi connectivity index (χ0n) is 8.77. The number of hydrogen-bond acceptors (Lipinski definition) is 3. The van der Waals surface area contributed by atoms with Crippen LogP contribution in [0.1, 0.15) is 0 Å². The van der Waals surface area contributed by atoms with Crippen molar-refractivity contribution in [1.29, 1.82) is 0 Å². The van der Waals surface area contributed by atoms with E-state index in [1.807, 2.05) is 24.3 Å². The number of nitrogens with zero attached hydrogens (tertiary/aromatic N) is 1. The second-order valence-electron chi connectivity index (χ2n) is 3.29. The lowest BCUT2D eigenvalue weighted by Crippen LogP contribution is -1.92. The van der Waals surface area contributed by atoms with E-state index < -0.39 is 0 Å². The molecule has 1 aromatic heterocycles. The number of halogens is 1. The Bertz CT molecular complexity index is 514. The molecule has 0 saturated heterocycles. The molecule has 0 spiro atoms. The van der Waals surface area contributed by atoms with E-state index >= 15 is 0 Å². The van der Waals surface area contributed by atoms with E-state index in [2.05, 4.69) is 20.9 Å². The van der Waals surface area contributed by atoms with Crippen molar-refractivity contribution in [2.45, 2.75) is 0 Å². The lowest BCUT2D eigenvalue weighted by Gasteiger charge is -2.07. The molecule has 2 rings (SSSR count). The van der Waals surface area contributed by atoms with Gasteiger partial charge in [0, 0.05) is 17.4 Å². The molecule has 4 heteroatoms. The van der Waals surface area contributed by atoms with Crippen LogP contribution in [0.25, 0.3) is 11.3 Å². The third-order valence-corrected chi connectivity index (χ3v) is 3.10. The van der Waals surface area contributed by atoms with E-state index in [4.69, 9.17) is 10.5 Å². The second-order valence-corrected chi connectivity index (χ2v) is 4.09. The highest BCUT2D eigenvalue weighted by Crippen LogP contribution is 2.31. The first-order valence-corrected chi connectivity index (χ1v) is 5.56. The molecule has 0 amide bonds. The van der Waals surface area contributed by atoms with Crippen LogP contribution in [0.4, 0.5) is 5.69 Å². The summed E-state index contributed by atoms with van der Waals surface area (Å²) in [6.07, 6.45) is 1.69. The SMILES string of the molecule is COc1cccc(-c2nccc(N)c2Br)c1. The highest BCUT2D eigenvalue weighted by Gasteiger charge is 2.07. The average molecular weight is 279 g/mol. The van der Waals surface area contributed by atoms with Crippen LogP contribution in [-0.4, -0.2) is 12.1 Å². The summed E-state index contributed by atoms with van der Waals surface area (Å²) in [5.74, 6) is 0.800. The molecule has 1 heterocycles. The number of methoxy groups -OCH3 is 1. The van der Waals surface area contributed by atoms with Crippen LogP contribution in [0.5, 0.6) is 5.75 Å². The number of pyridine rings is 1. The fourth-order valence-corrected chi connectivity index (χ4v) is 1.89. The van der Waals surface area contributed by atoms with Gasteiger partial charge in [-0.2, -0.15) is 0 Å². The Hall–Kier alpha value is -1.55. The Morgan fingerprint density at radius 2 is 2.12 bits per heavy atom. The summed E-state index contributed by atoms with van der Waals surface area (Å²) in [6.45, 7) is 0. The van der Waals surface area contributed by atoms with Crippen LogP contribution in [0, 0.1) is 0 Å². The van der Waals surface area contributed by atoms with Crippen molar-refractivity contribution < 1.29 is 4.74 Å². The highest BCUT2D eigenvalue weighted by atomic mass is 79.9. The Morgan fingerprint density at radius 3 is 2.88 bits per heavy atom. The maximum absolute atomic E-state index is 5.81. The van der Waals surface area contributed by atoms with Crippen LogP contribution in [-0.2, 0) is 0 Å². The minimum Gasteiger partial charge on any atom is -0.497 e. The topological polar surface area (TPSA) is 48.1 Å². The minimum atomic E-state index is 0.674. The molecule has 0 aliphatic heterocycles. The molecule has 16 heavy (non-hydrogen) atoms. The lowest BCUT2D eigenvalue weighted by atomic mass is 10.1. The van der Waals surface area contributed by atoms with Crippen molar-refractivity contribution in [2.24, 2.45) is 0 Å². The zero-order valence-corrected chi connectivity index (χ0v) is 10.4. The highest BCUT2D eigenvalue weighted by molar-refractivity contribution is 9.10. The van der Waals surface area contributed by atoms with Gasteiger partial charge in [0.2, 0.25) is 0 Å². The molecule has 0 aliphatic carbocycles. The first-order valence-electron chi connectivity index (χ1n) is 4.77. The van der Waals surface area contributed by atoms with Gasteiger partial charge in [-0.25, -0.2) is 0 Å². The van der Waals surface area contributed by atoms with Gasteiger partial charge in [-0.3, -0.25) is 4.98 Å². The molecule has 3 nitrogen and oxygen atoms in total. The van der Waals surface area contributed by atoms with Crippen LogP contribution >= 0.6 is 15.9 Å². The molecule has 82 valence electrons. The van der Waals surface area contributed by atoms with Gasteiger partial charge in [0.1, 0.15) is 5.75 Å². The number of aromatic nitrogens is 1. The van der Waals surface area contributed by atoms with Crippen LogP contribution in [0.3, 0.4) is 0 Å². The van der Waals surface area contributed by atoms with Crippen molar-refractivity contribution in [3.05, 3.63) is 41.0 Å². The molecular formula is C12H11BrN2O. The molecule has 0 saturated carbocycles. The van der Waals surface area contributed by atoms with Crippen molar-refractivity contribution in [3.63, 3.8) is 0 Å².